The van der Waals surface area contributed by atoms with Gasteiger partial charge < -0.3 is 10.1 Å². The van der Waals surface area contributed by atoms with Crippen molar-refractivity contribution >= 4 is 17.2 Å². The van der Waals surface area contributed by atoms with E-state index in [-0.39, 0.29) is 17.8 Å². The van der Waals surface area contributed by atoms with Gasteiger partial charge in [-0.15, -0.1) is 11.3 Å². The number of carbonyl (C=O) groups is 1. The number of nitrogens with one attached hydrogen (secondary N) is 1. The van der Waals surface area contributed by atoms with E-state index in [4.69, 9.17) is 4.74 Å². The summed E-state index contributed by atoms with van der Waals surface area (Å²) in [6.45, 7) is 2.40. The predicted octanol–water partition coefficient (Wildman–Crippen LogP) is 3.03. The summed E-state index contributed by atoms with van der Waals surface area (Å²) in [6.07, 6.45) is 2.65. The molecule has 122 valence electrons. The van der Waals surface area contributed by atoms with Gasteiger partial charge in [-0.1, -0.05) is 0 Å². The van der Waals surface area contributed by atoms with Crippen molar-refractivity contribution in [2.24, 2.45) is 0 Å². The molecule has 3 rings (SSSR count). The highest BCUT2D eigenvalue weighted by Crippen LogP contribution is 2.25. The molecule has 23 heavy (non-hydrogen) atoms. The number of ether oxygens (including phenoxy) is 1. The van der Waals surface area contributed by atoms with Gasteiger partial charge >= 0.3 is 0 Å². The molecule has 0 fully saturated rings. The maximum atomic E-state index is 13.3. The van der Waals surface area contributed by atoms with Crippen LogP contribution >= 0.6 is 11.3 Å². The average Bonchev–Trinajstić information content (AvgIpc) is 2.92. The van der Waals surface area contributed by atoms with Crippen LogP contribution in [0, 0.1) is 12.7 Å². The summed E-state index contributed by atoms with van der Waals surface area (Å²) in [5.41, 5.74) is 1.85. The Morgan fingerprint density at radius 1 is 1.52 bits per heavy atom. The van der Waals surface area contributed by atoms with E-state index in [0.29, 0.717) is 25.2 Å². The molecule has 0 saturated heterocycles. The molecule has 1 unspecified atom stereocenters. The highest BCUT2D eigenvalue weighted by molar-refractivity contribution is 7.09. The summed E-state index contributed by atoms with van der Waals surface area (Å²) in [6, 6.07) is 4.40. The molecule has 0 spiro atoms. The van der Waals surface area contributed by atoms with Crippen molar-refractivity contribution in [3.05, 3.63) is 45.7 Å². The van der Waals surface area contributed by atoms with Crippen molar-refractivity contribution in [1.82, 2.24) is 10.3 Å². The molecule has 1 aromatic carbocycles. The molecule has 0 bridgehead atoms. The molecule has 6 heteroatoms. The van der Waals surface area contributed by atoms with Crippen LogP contribution in [-0.2, 0) is 17.6 Å². The summed E-state index contributed by atoms with van der Waals surface area (Å²) < 4.78 is 18.8. The number of amides is 1. The minimum Gasteiger partial charge on any atom is -0.491 e. The zero-order valence-electron chi connectivity index (χ0n) is 13.0. The minimum atomic E-state index is -0.280. The molecular weight excluding hydrogens is 315 g/mol. The van der Waals surface area contributed by atoms with Crippen molar-refractivity contribution in [1.29, 1.82) is 0 Å². The third kappa shape index (κ3) is 4.28. The molecule has 2 aromatic rings. The number of aryl methyl sites for hydroxylation is 2. The SMILES string of the molecule is Cc1nc(CCCC(=O)NC2COc3ccc(F)cc3C2)cs1. The van der Waals surface area contributed by atoms with E-state index in [2.05, 4.69) is 10.3 Å². The largest absolute Gasteiger partial charge is 0.491 e. The van der Waals surface area contributed by atoms with E-state index < -0.39 is 0 Å². The number of fused-ring (bicyclic) bond motifs is 1. The van der Waals surface area contributed by atoms with Crippen molar-refractivity contribution < 1.29 is 13.9 Å². The summed E-state index contributed by atoms with van der Waals surface area (Å²) >= 11 is 1.63. The summed E-state index contributed by atoms with van der Waals surface area (Å²) in [4.78, 5) is 16.4. The number of benzene rings is 1. The zero-order valence-corrected chi connectivity index (χ0v) is 13.8. The van der Waals surface area contributed by atoms with Gasteiger partial charge in [0.15, 0.2) is 0 Å². The van der Waals surface area contributed by atoms with E-state index >= 15 is 0 Å². The van der Waals surface area contributed by atoms with Crippen LogP contribution in [0.3, 0.4) is 0 Å². The van der Waals surface area contributed by atoms with E-state index in [1.165, 1.54) is 12.1 Å². The first-order valence-corrected chi connectivity index (χ1v) is 8.60. The lowest BCUT2D eigenvalue weighted by molar-refractivity contribution is -0.122. The van der Waals surface area contributed by atoms with Gasteiger partial charge in [0.2, 0.25) is 5.91 Å². The minimum absolute atomic E-state index is 0.00500. The predicted molar refractivity (Wildman–Crippen MR) is 87.3 cm³/mol. The first kappa shape index (κ1) is 15.9. The molecule has 0 aliphatic carbocycles. The average molecular weight is 334 g/mol. The molecule has 0 saturated carbocycles. The van der Waals surface area contributed by atoms with E-state index in [1.54, 1.807) is 17.4 Å². The van der Waals surface area contributed by atoms with Crippen LogP contribution in [0.1, 0.15) is 29.1 Å². The Hall–Kier alpha value is -1.95. The van der Waals surface area contributed by atoms with Gasteiger partial charge in [0.25, 0.3) is 0 Å². The molecule has 1 atom stereocenters. The van der Waals surface area contributed by atoms with Gasteiger partial charge in [-0.25, -0.2) is 9.37 Å². The first-order valence-electron chi connectivity index (χ1n) is 7.72. The molecule has 4 nitrogen and oxygen atoms in total. The fourth-order valence-corrected chi connectivity index (χ4v) is 3.36. The standard InChI is InChI=1S/C17H19FN2O2S/c1-11-19-14(10-23-11)3-2-4-17(21)20-15-8-12-7-13(18)5-6-16(12)22-9-15/h5-7,10,15H,2-4,8-9H2,1H3,(H,20,21). The highest BCUT2D eigenvalue weighted by atomic mass is 32.1. The van der Waals surface area contributed by atoms with Gasteiger partial charge in [-0.05, 0) is 49.9 Å². The second-order valence-corrected chi connectivity index (χ2v) is 6.81. The van der Waals surface area contributed by atoms with E-state index in [9.17, 15) is 9.18 Å². The number of hydrogen-bond donors (Lipinski definition) is 1. The van der Waals surface area contributed by atoms with Crippen LogP contribution in [-0.4, -0.2) is 23.5 Å². The second-order valence-electron chi connectivity index (χ2n) is 5.74. The summed E-state index contributed by atoms with van der Waals surface area (Å²) in [5.74, 6) is 0.430. The van der Waals surface area contributed by atoms with Crippen LogP contribution in [0.25, 0.3) is 0 Å². The van der Waals surface area contributed by atoms with Gasteiger partial charge in [-0.2, -0.15) is 0 Å². The molecule has 1 aromatic heterocycles. The normalized spacial score (nSPS) is 16.5. The summed E-state index contributed by atoms with van der Waals surface area (Å²) in [5, 5.41) is 6.05. The number of aromatic nitrogens is 1. The Bertz CT molecular complexity index is 702. The lowest BCUT2D eigenvalue weighted by Crippen LogP contribution is -2.42. The highest BCUT2D eigenvalue weighted by Gasteiger charge is 2.21. The molecule has 2 heterocycles. The van der Waals surface area contributed by atoms with Gasteiger partial charge in [-0.3, -0.25) is 4.79 Å². The van der Waals surface area contributed by atoms with Crippen LogP contribution in [0.5, 0.6) is 5.75 Å². The Labute approximate surface area is 138 Å². The van der Waals surface area contributed by atoms with Gasteiger partial charge in [0.05, 0.1) is 16.7 Å². The van der Waals surface area contributed by atoms with Crippen molar-refractivity contribution in [2.45, 2.75) is 38.6 Å². The Balaban J connectivity index is 1.45. The van der Waals surface area contributed by atoms with Crippen molar-refractivity contribution in [2.75, 3.05) is 6.61 Å². The molecule has 1 aliphatic heterocycles. The van der Waals surface area contributed by atoms with E-state index in [0.717, 1.165) is 29.1 Å². The van der Waals surface area contributed by atoms with Crippen LogP contribution in [0.4, 0.5) is 4.39 Å². The number of rotatable bonds is 5. The topological polar surface area (TPSA) is 51.2 Å². The fourth-order valence-electron chi connectivity index (χ4n) is 2.71. The van der Waals surface area contributed by atoms with Gasteiger partial charge in [0, 0.05) is 11.8 Å². The monoisotopic (exact) mass is 334 g/mol. The Kier molecular flexibility index (Phi) is 4.91. The number of nitrogens with zero attached hydrogens (tertiary/aromatic N) is 1. The second kappa shape index (κ2) is 7.08. The maximum Gasteiger partial charge on any atom is 0.220 e. The van der Waals surface area contributed by atoms with Crippen molar-refractivity contribution in [3.8, 4) is 5.75 Å². The molecule has 1 N–H and O–H groups in total. The molecular formula is C17H19FN2O2S. The third-order valence-electron chi connectivity index (χ3n) is 3.80. The quantitative estimate of drug-likeness (QED) is 0.914. The maximum absolute atomic E-state index is 13.3. The van der Waals surface area contributed by atoms with Crippen molar-refractivity contribution in [3.63, 3.8) is 0 Å². The smallest absolute Gasteiger partial charge is 0.220 e. The first-order chi connectivity index (χ1) is 11.1. The Morgan fingerprint density at radius 2 is 2.39 bits per heavy atom. The van der Waals surface area contributed by atoms with Crippen LogP contribution in [0.15, 0.2) is 23.6 Å². The lowest BCUT2D eigenvalue weighted by atomic mass is 10.0. The summed E-state index contributed by atoms with van der Waals surface area (Å²) in [7, 11) is 0. The zero-order chi connectivity index (χ0) is 16.2. The number of halogens is 1. The molecule has 0 radical (unpaired) electrons. The third-order valence-corrected chi connectivity index (χ3v) is 4.62. The fraction of sp³-hybridized carbons (Fsp3) is 0.412. The van der Waals surface area contributed by atoms with Crippen LogP contribution in [0.2, 0.25) is 0 Å². The van der Waals surface area contributed by atoms with Gasteiger partial charge in [0.1, 0.15) is 18.2 Å². The number of carbonyl (C=O) groups excluding carboxylic acids is 1. The van der Waals surface area contributed by atoms with E-state index in [1.807, 2.05) is 12.3 Å². The Morgan fingerprint density at radius 3 is 3.17 bits per heavy atom. The number of hydrogen-bond acceptors (Lipinski definition) is 4. The molecule has 1 aliphatic rings. The molecule has 1 amide bonds. The van der Waals surface area contributed by atoms with Crippen LogP contribution < -0.4 is 10.1 Å². The number of thiazole rings is 1. The lowest BCUT2D eigenvalue weighted by Gasteiger charge is -2.26.